The highest BCUT2D eigenvalue weighted by Crippen LogP contribution is 2.38. The van der Waals surface area contributed by atoms with Gasteiger partial charge in [0.05, 0.1) is 19.3 Å². The molecule has 2 fully saturated rings. The summed E-state index contributed by atoms with van der Waals surface area (Å²) in [5.41, 5.74) is 0. The molecule has 4 rings (SSSR count). The number of morpholine rings is 1. The Balaban J connectivity index is 1.33. The van der Waals surface area contributed by atoms with Gasteiger partial charge in [0.25, 0.3) is 0 Å². The summed E-state index contributed by atoms with van der Waals surface area (Å²) in [4.78, 5) is 9.04. The first-order valence-corrected chi connectivity index (χ1v) is 9.01. The molecule has 1 aliphatic carbocycles. The molecule has 2 aromatic heterocycles. The second kappa shape index (κ2) is 7.45. The fraction of sp³-hybridized carbons (Fsp3) is 0.647. The average Bonchev–Trinajstić information content (AvgIpc) is 3.40. The first kappa shape index (κ1) is 16.4. The Hall–Kier alpha value is -2.06. The second-order valence-electron chi connectivity index (χ2n) is 6.67. The van der Waals surface area contributed by atoms with Gasteiger partial charge in [-0.1, -0.05) is 5.16 Å². The molecule has 25 heavy (non-hydrogen) atoms. The highest BCUT2D eigenvalue weighted by molar-refractivity contribution is 5.36. The van der Waals surface area contributed by atoms with Crippen molar-refractivity contribution in [1.82, 2.24) is 25.2 Å². The van der Waals surface area contributed by atoms with Crippen molar-refractivity contribution in [2.45, 2.75) is 38.3 Å². The van der Waals surface area contributed by atoms with Crippen molar-refractivity contribution < 1.29 is 9.26 Å². The summed E-state index contributed by atoms with van der Waals surface area (Å²) < 4.78 is 11.4. The van der Waals surface area contributed by atoms with Gasteiger partial charge in [-0.2, -0.15) is 10.1 Å². The molecule has 0 unspecified atom stereocenters. The average molecular weight is 344 g/mol. The normalized spacial score (nSPS) is 21.4. The summed E-state index contributed by atoms with van der Waals surface area (Å²) in [6.45, 7) is 6.92. The van der Waals surface area contributed by atoms with Gasteiger partial charge in [0.2, 0.25) is 5.89 Å². The van der Waals surface area contributed by atoms with Crippen molar-refractivity contribution in [2.75, 3.05) is 37.7 Å². The molecule has 0 radical (unpaired) electrons. The lowest BCUT2D eigenvalue weighted by atomic mass is 10.2. The minimum absolute atomic E-state index is 0.126. The van der Waals surface area contributed by atoms with Gasteiger partial charge in [-0.25, -0.2) is 0 Å². The molecule has 0 spiro atoms. The number of rotatable bonds is 7. The Kier molecular flexibility index (Phi) is 4.89. The molecule has 134 valence electrons. The Morgan fingerprint density at radius 2 is 2.28 bits per heavy atom. The van der Waals surface area contributed by atoms with Crippen LogP contribution in [0.2, 0.25) is 0 Å². The molecule has 1 atom stereocenters. The summed E-state index contributed by atoms with van der Waals surface area (Å²) in [7, 11) is 0. The van der Waals surface area contributed by atoms with Gasteiger partial charge < -0.3 is 14.2 Å². The quantitative estimate of drug-likeness (QED) is 0.747. The maximum atomic E-state index is 5.95. The van der Waals surface area contributed by atoms with E-state index in [1.165, 1.54) is 12.8 Å². The molecule has 0 bridgehead atoms. The highest BCUT2D eigenvalue weighted by Gasteiger charge is 2.30. The lowest BCUT2D eigenvalue weighted by molar-refractivity contribution is -0.0295. The van der Waals surface area contributed by atoms with E-state index in [-0.39, 0.29) is 6.10 Å². The van der Waals surface area contributed by atoms with Crippen LogP contribution in [0, 0.1) is 0 Å². The predicted molar refractivity (Wildman–Crippen MR) is 91.2 cm³/mol. The topological polar surface area (TPSA) is 80.4 Å². The number of aromatic nitrogens is 4. The van der Waals surface area contributed by atoms with Crippen molar-refractivity contribution in [3.8, 4) is 0 Å². The fourth-order valence-electron chi connectivity index (χ4n) is 3.16. The number of anilines is 1. The van der Waals surface area contributed by atoms with Gasteiger partial charge in [-0.3, -0.25) is 4.90 Å². The van der Waals surface area contributed by atoms with E-state index >= 15 is 0 Å². The summed E-state index contributed by atoms with van der Waals surface area (Å²) in [5.74, 6) is 3.00. The molecule has 0 aromatic carbocycles. The number of likely N-dealkylation sites (N-methyl/N-ethyl adjacent to an activating group) is 1. The molecule has 8 nitrogen and oxygen atoms in total. The van der Waals surface area contributed by atoms with Crippen molar-refractivity contribution in [3.05, 3.63) is 30.0 Å². The Bertz CT molecular complexity index is 675. The van der Waals surface area contributed by atoms with E-state index in [2.05, 4.69) is 37.1 Å². The molecular weight excluding hydrogens is 320 g/mol. The van der Waals surface area contributed by atoms with Crippen LogP contribution in [0.5, 0.6) is 0 Å². The van der Waals surface area contributed by atoms with Gasteiger partial charge in [-0.05, 0) is 31.9 Å². The van der Waals surface area contributed by atoms with E-state index in [0.717, 1.165) is 37.8 Å². The summed E-state index contributed by atoms with van der Waals surface area (Å²) in [6.07, 6.45) is 4.19. The van der Waals surface area contributed by atoms with E-state index in [1.807, 2.05) is 12.1 Å². The number of ether oxygens (including phenoxy) is 1. The Morgan fingerprint density at radius 3 is 3.04 bits per heavy atom. The minimum atomic E-state index is 0.126. The van der Waals surface area contributed by atoms with Crippen LogP contribution in [-0.4, -0.2) is 64.1 Å². The van der Waals surface area contributed by atoms with Crippen LogP contribution < -0.4 is 4.90 Å². The maximum Gasteiger partial charge on any atom is 0.240 e. The standard InChI is InChI=1S/C17H24N6O2/c1-2-23(15-4-3-7-18-20-15)11-14-10-22(8-9-24-14)12-16-19-17(21-25-16)13-5-6-13/h3-4,7,13-14H,2,5-6,8-12H2,1H3/t14-/m1/s1. The molecule has 0 amide bonds. The summed E-state index contributed by atoms with van der Waals surface area (Å²) in [6, 6.07) is 3.89. The van der Waals surface area contributed by atoms with Crippen molar-refractivity contribution in [2.24, 2.45) is 0 Å². The smallest absolute Gasteiger partial charge is 0.240 e. The van der Waals surface area contributed by atoms with Gasteiger partial charge in [0.15, 0.2) is 11.6 Å². The lowest BCUT2D eigenvalue weighted by Gasteiger charge is -2.35. The molecule has 2 aromatic rings. The minimum Gasteiger partial charge on any atom is -0.374 e. The van der Waals surface area contributed by atoms with Crippen LogP contribution in [0.25, 0.3) is 0 Å². The third-order valence-corrected chi connectivity index (χ3v) is 4.70. The highest BCUT2D eigenvalue weighted by atomic mass is 16.5. The Labute approximate surface area is 147 Å². The van der Waals surface area contributed by atoms with E-state index < -0.39 is 0 Å². The van der Waals surface area contributed by atoms with Crippen LogP contribution >= 0.6 is 0 Å². The number of hydrogen-bond acceptors (Lipinski definition) is 8. The van der Waals surface area contributed by atoms with Gasteiger partial charge in [0.1, 0.15) is 0 Å². The molecule has 2 aliphatic rings. The van der Waals surface area contributed by atoms with E-state index in [0.29, 0.717) is 25.0 Å². The number of nitrogens with zero attached hydrogens (tertiary/aromatic N) is 6. The van der Waals surface area contributed by atoms with Crippen LogP contribution in [0.3, 0.4) is 0 Å². The van der Waals surface area contributed by atoms with E-state index in [1.54, 1.807) is 6.20 Å². The van der Waals surface area contributed by atoms with Gasteiger partial charge in [-0.15, -0.1) is 5.10 Å². The maximum absolute atomic E-state index is 5.95. The van der Waals surface area contributed by atoms with Crippen LogP contribution in [-0.2, 0) is 11.3 Å². The van der Waals surface area contributed by atoms with E-state index in [4.69, 9.17) is 9.26 Å². The zero-order valence-electron chi connectivity index (χ0n) is 14.5. The van der Waals surface area contributed by atoms with Crippen LogP contribution in [0.1, 0.15) is 37.4 Å². The fourth-order valence-corrected chi connectivity index (χ4v) is 3.16. The zero-order valence-corrected chi connectivity index (χ0v) is 14.5. The van der Waals surface area contributed by atoms with E-state index in [9.17, 15) is 0 Å². The van der Waals surface area contributed by atoms with Crippen LogP contribution in [0.4, 0.5) is 5.82 Å². The van der Waals surface area contributed by atoms with Crippen molar-refractivity contribution >= 4 is 5.82 Å². The second-order valence-corrected chi connectivity index (χ2v) is 6.67. The predicted octanol–water partition coefficient (Wildman–Crippen LogP) is 1.46. The lowest BCUT2D eigenvalue weighted by Crippen LogP contribution is -2.47. The summed E-state index contributed by atoms with van der Waals surface area (Å²) >= 11 is 0. The summed E-state index contributed by atoms with van der Waals surface area (Å²) in [5, 5.41) is 12.3. The van der Waals surface area contributed by atoms with Gasteiger partial charge in [0, 0.05) is 38.3 Å². The number of hydrogen-bond donors (Lipinski definition) is 0. The van der Waals surface area contributed by atoms with Crippen molar-refractivity contribution in [1.29, 1.82) is 0 Å². The van der Waals surface area contributed by atoms with Crippen LogP contribution in [0.15, 0.2) is 22.9 Å². The largest absolute Gasteiger partial charge is 0.374 e. The molecule has 3 heterocycles. The molecule has 0 N–H and O–H groups in total. The van der Waals surface area contributed by atoms with Gasteiger partial charge >= 0.3 is 0 Å². The third kappa shape index (κ3) is 4.13. The zero-order chi connectivity index (χ0) is 17.1. The SMILES string of the molecule is CCN(C[C@H]1CN(Cc2nc(C3CC3)no2)CCO1)c1cccnn1. The molecule has 1 saturated heterocycles. The first-order valence-electron chi connectivity index (χ1n) is 9.01. The molecule has 1 saturated carbocycles. The monoisotopic (exact) mass is 344 g/mol. The molecular formula is C17H24N6O2. The van der Waals surface area contributed by atoms with Crippen molar-refractivity contribution in [3.63, 3.8) is 0 Å². The first-order chi connectivity index (χ1) is 12.3. The third-order valence-electron chi connectivity index (χ3n) is 4.70. The Morgan fingerprint density at radius 1 is 1.36 bits per heavy atom. The molecule has 1 aliphatic heterocycles. The molecule has 8 heteroatoms.